The van der Waals surface area contributed by atoms with E-state index in [0.29, 0.717) is 21.9 Å². The van der Waals surface area contributed by atoms with Gasteiger partial charge in [-0.05, 0) is 31.5 Å². The summed E-state index contributed by atoms with van der Waals surface area (Å²) in [5.74, 6) is -0.250. The van der Waals surface area contributed by atoms with Gasteiger partial charge in [0.15, 0.2) is 10.8 Å². The maximum atomic E-state index is 13.1. The fourth-order valence-corrected chi connectivity index (χ4v) is 4.53. The van der Waals surface area contributed by atoms with Crippen LogP contribution in [0.2, 0.25) is 0 Å². The highest BCUT2D eigenvalue weighted by molar-refractivity contribution is 7.99. The summed E-state index contributed by atoms with van der Waals surface area (Å²) in [5, 5.41) is 7.86. The number of hydrogen-bond donors (Lipinski definition) is 1. The maximum Gasteiger partial charge on any atom is 0.325 e. The van der Waals surface area contributed by atoms with Crippen LogP contribution in [-0.2, 0) is 14.3 Å². The molecule has 1 aromatic carbocycles. The lowest BCUT2D eigenvalue weighted by Gasteiger charge is -2.13. The second kappa shape index (κ2) is 8.31. The summed E-state index contributed by atoms with van der Waals surface area (Å²) >= 11 is 1.43. The third-order valence-corrected chi connectivity index (χ3v) is 5.87. The molecule has 0 bridgehead atoms. The van der Waals surface area contributed by atoms with E-state index in [4.69, 9.17) is 4.74 Å². The van der Waals surface area contributed by atoms with Gasteiger partial charge in [-0.1, -0.05) is 23.9 Å². The molecule has 1 N–H and O–H groups in total. The Morgan fingerprint density at radius 2 is 2.20 bits per heavy atom. The molecule has 4 rings (SSSR count). The molecule has 0 saturated carbocycles. The molecule has 1 aliphatic heterocycles. The van der Waals surface area contributed by atoms with Gasteiger partial charge in [-0.25, -0.2) is 9.67 Å². The van der Waals surface area contributed by atoms with Gasteiger partial charge in [-0.15, -0.1) is 0 Å². The van der Waals surface area contributed by atoms with Crippen molar-refractivity contribution in [3.05, 3.63) is 46.4 Å². The normalized spacial score (nSPS) is 15.2. The van der Waals surface area contributed by atoms with Gasteiger partial charge in [0.05, 0.1) is 24.5 Å². The van der Waals surface area contributed by atoms with Crippen LogP contribution in [0.5, 0.6) is 0 Å². The van der Waals surface area contributed by atoms with Crippen molar-refractivity contribution in [3.8, 4) is 5.69 Å². The van der Waals surface area contributed by atoms with E-state index in [1.807, 2.05) is 31.2 Å². The highest BCUT2D eigenvalue weighted by atomic mass is 32.2. The molecular formula is C20H21N5O4S. The smallest absolute Gasteiger partial charge is 0.325 e. The van der Waals surface area contributed by atoms with Crippen molar-refractivity contribution in [2.45, 2.75) is 31.5 Å². The number of fused-ring (bicyclic) bond motifs is 2. The van der Waals surface area contributed by atoms with Crippen LogP contribution in [0.4, 0.5) is 0 Å². The molecule has 10 heteroatoms. The molecule has 1 amide bonds. The maximum absolute atomic E-state index is 13.1. The fraction of sp³-hybridized carbons (Fsp3) is 0.350. The molecule has 3 heterocycles. The first-order valence-electron chi connectivity index (χ1n) is 9.60. The van der Waals surface area contributed by atoms with Crippen LogP contribution in [0.1, 0.15) is 24.9 Å². The number of ether oxygens (including phenoxy) is 1. The van der Waals surface area contributed by atoms with Gasteiger partial charge in [0.1, 0.15) is 11.9 Å². The Morgan fingerprint density at radius 3 is 2.97 bits per heavy atom. The number of aryl methyl sites for hydroxylation is 1. The SMILES string of the molecule is CCOC(=O)CNC(=O)CC1CSc2nc3c(cnn3-c3cccc(C)c3)c(=O)n21. The Labute approximate surface area is 176 Å². The summed E-state index contributed by atoms with van der Waals surface area (Å²) in [5.41, 5.74) is 2.19. The quantitative estimate of drug-likeness (QED) is 0.470. The van der Waals surface area contributed by atoms with Gasteiger partial charge in [0.2, 0.25) is 5.91 Å². The lowest BCUT2D eigenvalue weighted by atomic mass is 10.2. The zero-order valence-electron chi connectivity index (χ0n) is 16.6. The predicted octanol–water partition coefficient (Wildman–Crippen LogP) is 1.61. The summed E-state index contributed by atoms with van der Waals surface area (Å²) in [6.07, 6.45) is 1.60. The zero-order valence-corrected chi connectivity index (χ0v) is 17.4. The first-order valence-corrected chi connectivity index (χ1v) is 10.6. The number of aromatic nitrogens is 4. The number of nitrogens with zero attached hydrogens (tertiary/aromatic N) is 4. The Bertz CT molecular complexity index is 1190. The van der Waals surface area contributed by atoms with Crippen molar-refractivity contribution < 1.29 is 14.3 Å². The summed E-state index contributed by atoms with van der Waals surface area (Å²) in [7, 11) is 0. The van der Waals surface area contributed by atoms with E-state index in [1.165, 1.54) is 18.0 Å². The second-order valence-corrected chi connectivity index (χ2v) is 7.94. The van der Waals surface area contributed by atoms with Crippen LogP contribution < -0.4 is 10.9 Å². The lowest BCUT2D eigenvalue weighted by Crippen LogP contribution is -2.34. The number of esters is 1. The van der Waals surface area contributed by atoms with E-state index in [2.05, 4.69) is 15.4 Å². The van der Waals surface area contributed by atoms with E-state index < -0.39 is 5.97 Å². The number of benzene rings is 1. The molecular weight excluding hydrogens is 406 g/mol. The Balaban J connectivity index is 1.59. The first-order chi connectivity index (χ1) is 14.5. The molecule has 2 aromatic heterocycles. The van der Waals surface area contributed by atoms with Crippen LogP contribution in [0.15, 0.2) is 40.4 Å². The fourth-order valence-electron chi connectivity index (χ4n) is 3.40. The zero-order chi connectivity index (χ0) is 21.3. The highest BCUT2D eigenvalue weighted by Gasteiger charge is 2.29. The third-order valence-electron chi connectivity index (χ3n) is 4.77. The number of amides is 1. The lowest BCUT2D eigenvalue weighted by molar-refractivity contribution is -0.143. The molecule has 0 fully saturated rings. The molecule has 0 saturated heterocycles. The molecule has 0 spiro atoms. The molecule has 1 unspecified atom stereocenters. The molecule has 9 nitrogen and oxygen atoms in total. The van der Waals surface area contributed by atoms with Gasteiger partial charge >= 0.3 is 5.97 Å². The predicted molar refractivity (Wildman–Crippen MR) is 112 cm³/mol. The minimum absolute atomic E-state index is 0.0819. The summed E-state index contributed by atoms with van der Waals surface area (Å²) < 4.78 is 8.01. The van der Waals surface area contributed by atoms with Crippen LogP contribution >= 0.6 is 11.8 Å². The molecule has 1 atom stereocenters. The Hall–Kier alpha value is -3.14. The molecule has 30 heavy (non-hydrogen) atoms. The summed E-state index contributed by atoms with van der Waals surface area (Å²) in [4.78, 5) is 41.4. The Kier molecular flexibility index (Phi) is 5.58. The summed E-state index contributed by atoms with van der Waals surface area (Å²) in [6, 6.07) is 7.47. The highest BCUT2D eigenvalue weighted by Crippen LogP contribution is 2.33. The Morgan fingerprint density at radius 1 is 1.37 bits per heavy atom. The van der Waals surface area contributed by atoms with Crippen molar-refractivity contribution in [1.82, 2.24) is 24.6 Å². The number of hydrogen-bond acceptors (Lipinski definition) is 7. The van der Waals surface area contributed by atoms with Crippen molar-refractivity contribution in [1.29, 1.82) is 0 Å². The van der Waals surface area contributed by atoms with Gasteiger partial charge < -0.3 is 10.1 Å². The monoisotopic (exact) mass is 427 g/mol. The average Bonchev–Trinajstić information content (AvgIpc) is 3.32. The molecule has 0 radical (unpaired) electrons. The van der Waals surface area contributed by atoms with Crippen molar-refractivity contribution in [3.63, 3.8) is 0 Å². The van der Waals surface area contributed by atoms with Crippen molar-refractivity contribution in [2.24, 2.45) is 0 Å². The molecule has 1 aliphatic rings. The van der Waals surface area contributed by atoms with Crippen LogP contribution in [0, 0.1) is 6.92 Å². The van der Waals surface area contributed by atoms with E-state index in [-0.39, 0.29) is 37.1 Å². The molecule has 156 valence electrons. The number of rotatable bonds is 6. The van der Waals surface area contributed by atoms with E-state index in [1.54, 1.807) is 16.2 Å². The van der Waals surface area contributed by atoms with Crippen LogP contribution in [0.3, 0.4) is 0 Å². The second-order valence-electron chi connectivity index (χ2n) is 6.95. The summed E-state index contributed by atoms with van der Waals surface area (Å²) in [6.45, 7) is 3.76. The van der Waals surface area contributed by atoms with Gasteiger partial charge in [-0.3, -0.25) is 19.0 Å². The topological polar surface area (TPSA) is 108 Å². The largest absolute Gasteiger partial charge is 0.465 e. The molecule has 0 aliphatic carbocycles. The number of nitrogens with one attached hydrogen (secondary N) is 1. The van der Waals surface area contributed by atoms with Crippen molar-refractivity contribution >= 4 is 34.7 Å². The minimum atomic E-state index is -0.490. The van der Waals surface area contributed by atoms with Crippen LogP contribution in [0.25, 0.3) is 16.7 Å². The minimum Gasteiger partial charge on any atom is -0.465 e. The number of thioether (sulfide) groups is 1. The van der Waals surface area contributed by atoms with Gasteiger partial charge in [0.25, 0.3) is 5.56 Å². The van der Waals surface area contributed by atoms with E-state index >= 15 is 0 Å². The average molecular weight is 427 g/mol. The van der Waals surface area contributed by atoms with Gasteiger partial charge in [-0.2, -0.15) is 5.10 Å². The van der Waals surface area contributed by atoms with Crippen LogP contribution in [-0.4, -0.2) is 50.1 Å². The third kappa shape index (κ3) is 3.82. The number of carbonyl (C=O) groups is 2. The van der Waals surface area contributed by atoms with E-state index in [0.717, 1.165) is 11.3 Å². The van der Waals surface area contributed by atoms with Crippen molar-refractivity contribution in [2.75, 3.05) is 18.9 Å². The van der Waals surface area contributed by atoms with Gasteiger partial charge in [0, 0.05) is 12.2 Å². The van der Waals surface area contributed by atoms with E-state index in [9.17, 15) is 14.4 Å². The standard InChI is InChI=1S/C20H21N5O4S/c1-3-29-17(27)10-21-16(26)8-14-11-30-20-23-18-15(19(28)24(14)20)9-22-25(18)13-6-4-5-12(2)7-13/h4-7,9,14H,3,8,10-11H2,1-2H3,(H,21,26). The first kappa shape index (κ1) is 20.1. The molecule has 3 aromatic rings. The number of carbonyl (C=O) groups excluding carboxylic acids is 2.